The van der Waals surface area contributed by atoms with Crippen molar-refractivity contribution in [2.24, 2.45) is 11.8 Å². The summed E-state index contributed by atoms with van der Waals surface area (Å²) >= 11 is 3.82. The van der Waals surface area contributed by atoms with Gasteiger partial charge < -0.3 is 0 Å². The maximum absolute atomic E-state index is 3.82. The Morgan fingerprint density at radius 2 is 1.62 bits per heavy atom. The van der Waals surface area contributed by atoms with E-state index in [1.165, 1.54) is 24.0 Å². The minimum Gasteiger partial charge on any atom is -0.0836 e. The predicted octanol–water partition coefficient (Wildman–Crippen LogP) is 5.37. The van der Waals surface area contributed by atoms with Crippen molar-refractivity contribution in [1.82, 2.24) is 0 Å². The zero-order valence-corrected chi connectivity index (χ0v) is 12.4. The normalized spacial score (nSPS) is 15.1. The van der Waals surface area contributed by atoms with E-state index in [1.807, 2.05) is 0 Å². The Balaban J connectivity index is 2.73. The Morgan fingerprint density at radius 3 is 2.06 bits per heavy atom. The van der Waals surface area contributed by atoms with Gasteiger partial charge in [-0.3, -0.25) is 0 Å². The molecule has 1 heteroatoms. The van der Waals surface area contributed by atoms with Gasteiger partial charge in [0.05, 0.1) is 0 Å². The van der Waals surface area contributed by atoms with Gasteiger partial charge in [-0.15, -0.1) is 0 Å². The van der Waals surface area contributed by atoms with E-state index < -0.39 is 0 Å². The number of rotatable bonds is 5. The lowest BCUT2D eigenvalue weighted by Gasteiger charge is -2.22. The minimum atomic E-state index is 0.475. The average Bonchev–Trinajstić information content (AvgIpc) is 2.28. The molecule has 0 aliphatic carbocycles. The first-order chi connectivity index (χ1) is 7.56. The van der Waals surface area contributed by atoms with Gasteiger partial charge in [-0.1, -0.05) is 74.3 Å². The molecule has 90 valence electrons. The van der Waals surface area contributed by atoms with Crippen LogP contribution in [0.3, 0.4) is 0 Å². The van der Waals surface area contributed by atoms with Crippen LogP contribution in [-0.2, 0) is 6.42 Å². The van der Waals surface area contributed by atoms with Gasteiger partial charge >= 0.3 is 0 Å². The van der Waals surface area contributed by atoms with E-state index in [0.29, 0.717) is 16.7 Å². The molecule has 1 rings (SSSR count). The molecule has 2 unspecified atom stereocenters. The van der Waals surface area contributed by atoms with Crippen LogP contribution in [0.25, 0.3) is 0 Å². The van der Waals surface area contributed by atoms with Crippen molar-refractivity contribution in [3.63, 3.8) is 0 Å². The lowest BCUT2D eigenvalue weighted by atomic mass is 9.90. The molecule has 2 atom stereocenters. The number of aryl methyl sites for hydroxylation is 1. The summed E-state index contributed by atoms with van der Waals surface area (Å²) in [5, 5.41) is 0. The molecule has 0 aliphatic heterocycles. The number of hydrogen-bond acceptors (Lipinski definition) is 0. The molecule has 0 bridgehead atoms. The summed E-state index contributed by atoms with van der Waals surface area (Å²) in [4.78, 5) is 0.475. The van der Waals surface area contributed by atoms with Gasteiger partial charge in [0.2, 0.25) is 0 Å². The third kappa shape index (κ3) is 3.62. The van der Waals surface area contributed by atoms with E-state index in [9.17, 15) is 0 Å². The summed E-state index contributed by atoms with van der Waals surface area (Å²) in [7, 11) is 0. The van der Waals surface area contributed by atoms with Crippen LogP contribution in [0.2, 0.25) is 0 Å². The zero-order chi connectivity index (χ0) is 12.1. The van der Waals surface area contributed by atoms with Crippen molar-refractivity contribution in [1.29, 1.82) is 0 Å². The monoisotopic (exact) mass is 282 g/mol. The summed E-state index contributed by atoms with van der Waals surface area (Å²) in [5.41, 5.74) is 2.85. The Kier molecular flexibility index (Phi) is 5.54. The first-order valence-corrected chi connectivity index (χ1v) is 7.20. The number of hydrogen-bond donors (Lipinski definition) is 0. The van der Waals surface area contributed by atoms with Crippen LogP contribution >= 0.6 is 15.9 Å². The molecule has 1 aromatic carbocycles. The second kappa shape index (κ2) is 6.44. The fraction of sp³-hybridized carbons (Fsp3) is 0.600. The molecular formula is C15H23Br. The highest BCUT2D eigenvalue weighted by Gasteiger charge is 2.18. The molecule has 0 heterocycles. The smallest absolute Gasteiger partial charge is 0.0423 e. The molecular weight excluding hydrogens is 260 g/mol. The van der Waals surface area contributed by atoms with Crippen LogP contribution in [0.15, 0.2) is 24.3 Å². The second-order valence-electron chi connectivity index (χ2n) is 5.00. The first-order valence-electron chi connectivity index (χ1n) is 6.29. The highest BCUT2D eigenvalue weighted by molar-refractivity contribution is 9.09. The van der Waals surface area contributed by atoms with Crippen LogP contribution in [0, 0.1) is 11.8 Å². The summed E-state index contributed by atoms with van der Waals surface area (Å²) < 4.78 is 0. The van der Waals surface area contributed by atoms with Crippen molar-refractivity contribution < 1.29 is 0 Å². The highest BCUT2D eigenvalue weighted by Crippen LogP contribution is 2.35. The lowest BCUT2D eigenvalue weighted by molar-refractivity contribution is 0.414. The molecule has 0 amide bonds. The molecule has 0 N–H and O–H groups in total. The SMILES string of the molecule is CCCc1ccc(C(Br)C(C)C(C)C)cc1. The second-order valence-corrected chi connectivity index (χ2v) is 5.98. The van der Waals surface area contributed by atoms with E-state index in [2.05, 4.69) is 67.9 Å². The van der Waals surface area contributed by atoms with E-state index in [0.717, 1.165) is 0 Å². The maximum Gasteiger partial charge on any atom is 0.0423 e. The Labute approximate surface area is 109 Å². The van der Waals surface area contributed by atoms with Gasteiger partial charge in [0.15, 0.2) is 0 Å². The van der Waals surface area contributed by atoms with Crippen LogP contribution in [-0.4, -0.2) is 0 Å². The minimum absolute atomic E-state index is 0.475. The average molecular weight is 283 g/mol. The zero-order valence-electron chi connectivity index (χ0n) is 10.8. The van der Waals surface area contributed by atoms with Crippen molar-refractivity contribution in [2.75, 3.05) is 0 Å². The standard InChI is InChI=1S/C15H23Br/c1-5-6-13-7-9-14(10-8-13)15(16)12(4)11(2)3/h7-12,15H,5-6H2,1-4H3. The van der Waals surface area contributed by atoms with Gasteiger partial charge in [-0.25, -0.2) is 0 Å². The summed E-state index contributed by atoms with van der Waals surface area (Å²) in [6.45, 7) is 9.10. The van der Waals surface area contributed by atoms with Crippen molar-refractivity contribution in [3.05, 3.63) is 35.4 Å². The van der Waals surface area contributed by atoms with Crippen molar-refractivity contribution in [3.8, 4) is 0 Å². The Hall–Kier alpha value is -0.300. The molecule has 1 aromatic rings. The molecule has 0 aromatic heterocycles. The van der Waals surface area contributed by atoms with E-state index >= 15 is 0 Å². The molecule has 0 nitrogen and oxygen atoms in total. The fourth-order valence-electron chi connectivity index (χ4n) is 1.80. The molecule has 0 radical (unpaired) electrons. The Morgan fingerprint density at radius 1 is 1.06 bits per heavy atom. The molecule has 0 spiro atoms. The third-order valence-electron chi connectivity index (χ3n) is 3.35. The molecule has 0 saturated carbocycles. The largest absolute Gasteiger partial charge is 0.0836 e. The summed E-state index contributed by atoms with van der Waals surface area (Å²) in [6, 6.07) is 9.06. The third-order valence-corrected chi connectivity index (χ3v) is 4.71. The van der Waals surface area contributed by atoms with Gasteiger partial charge in [-0.05, 0) is 29.4 Å². The molecule has 16 heavy (non-hydrogen) atoms. The van der Waals surface area contributed by atoms with Gasteiger partial charge in [-0.2, -0.15) is 0 Å². The fourth-order valence-corrected chi connectivity index (χ4v) is 2.71. The summed E-state index contributed by atoms with van der Waals surface area (Å²) in [6.07, 6.45) is 2.41. The van der Waals surface area contributed by atoms with Crippen molar-refractivity contribution >= 4 is 15.9 Å². The van der Waals surface area contributed by atoms with Gasteiger partial charge in [0, 0.05) is 4.83 Å². The number of benzene rings is 1. The van der Waals surface area contributed by atoms with E-state index in [1.54, 1.807) is 0 Å². The van der Waals surface area contributed by atoms with Gasteiger partial charge in [0.1, 0.15) is 0 Å². The van der Waals surface area contributed by atoms with Crippen LogP contribution in [0.5, 0.6) is 0 Å². The first kappa shape index (κ1) is 13.8. The van der Waals surface area contributed by atoms with Crippen molar-refractivity contribution in [2.45, 2.75) is 45.4 Å². The van der Waals surface area contributed by atoms with Crippen LogP contribution < -0.4 is 0 Å². The van der Waals surface area contributed by atoms with Crippen LogP contribution in [0.4, 0.5) is 0 Å². The highest BCUT2D eigenvalue weighted by atomic mass is 79.9. The van der Waals surface area contributed by atoms with E-state index in [4.69, 9.17) is 0 Å². The Bertz CT molecular complexity index is 300. The number of alkyl halides is 1. The van der Waals surface area contributed by atoms with Crippen LogP contribution in [0.1, 0.15) is 50.1 Å². The summed E-state index contributed by atoms with van der Waals surface area (Å²) in [5.74, 6) is 1.37. The number of halogens is 1. The molecule has 0 fully saturated rings. The maximum atomic E-state index is 3.82. The quantitative estimate of drug-likeness (QED) is 0.637. The topological polar surface area (TPSA) is 0 Å². The molecule has 0 saturated heterocycles. The predicted molar refractivity (Wildman–Crippen MR) is 76.1 cm³/mol. The molecule has 0 aliphatic rings. The van der Waals surface area contributed by atoms with Gasteiger partial charge in [0.25, 0.3) is 0 Å². The lowest BCUT2D eigenvalue weighted by Crippen LogP contribution is -2.10. The van der Waals surface area contributed by atoms with E-state index in [-0.39, 0.29) is 0 Å².